The first-order chi connectivity index (χ1) is 15.5. The lowest BCUT2D eigenvalue weighted by atomic mass is 10.0. The molecule has 0 aliphatic heterocycles. The van der Waals surface area contributed by atoms with Gasteiger partial charge in [-0.15, -0.1) is 10.2 Å². The normalized spacial score (nSPS) is 12.0. The number of carbonyl (C=O) groups excluding carboxylic acids is 1. The third kappa shape index (κ3) is 4.39. The second-order valence-corrected chi connectivity index (χ2v) is 7.30. The van der Waals surface area contributed by atoms with Crippen LogP contribution in [0.1, 0.15) is 36.5 Å². The van der Waals surface area contributed by atoms with E-state index in [1.165, 1.54) is 0 Å². The Morgan fingerprint density at radius 1 is 1.09 bits per heavy atom. The van der Waals surface area contributed by atoms with Gasteiger partial charge in [-0.05, 0) is 50.1 Å². The molecule has 0 aliphatic carbocycles. The molecule has 32 heavy (non-hydrogen) atoms. The van der Waals surface area contributed by atoms with Crippen molar-refractivity contribution in [3.8, 4) is 17.2 Å². The molecule has 0 N–H and O–H groups in total. The van der Waals surface area contributed by atoms with Crippen LogP contribution in [0.15, 0.2) is 62.2 Å². The standard InChI is InChI=1S/C24H22N2O6/c1-14-18-10-9-17(29-3)13-20(18)31-24(28)19(14)11-12-21(27)30-15(2)22-25-26-23(32-22)16-7-5-4-6-8-16/h4-10,13,15H,11-12H2,1-3H3/t15-/m1/s1. The number of aromatic nitrogens is 2. The molecule has 2 aromatic carbocycles. The minimum absolute atomic E-state index is 0.0112. The molecule has 1 atom stereocenters. The van der Waals surface area contributed by atoms with Gasteiger partial charge in [0.1, 0.15) is 11.3 Å². The van der Waals surface area contributed by atoms with Gasteiger partial charge >= 0.3 is 11.6 Å². The summed E-state index contributed by atoms with van der Waals surface area (Å²) in [7, 11) is 1.55. The van der Waals surface area contributed by atoms with E-state index in [4.69, 9.17) is 18.3 Å². The van der Waals surface area contributed by atoms with Crippen molar-refractivity contribution in [1.82, 2.24) is 10.2 Å². The summed E-state index contributed by atoms with van der Waals surface area (Å²) < 4.78 is 21.6. The van der Waals surface area contributed by atoms with Crippen molar-refractivity contribution in [3.63, 3.8) is 0 Å². The highest BCUT2D eigenvalue weighted by atomic mass is 16.6. The van der Waals surface area contributed by atoms with Gasteiger partial charge in [0.15, 0.2) is 6.10 Å². The van der Waals surface area contributed by atoms with E-state index in [1.807, 2.05) is 43.3 Å². The number of ether oxygens (including phenoxy) is 2. The first-order valence-electron chi connectivity index (χ1n) is 10.1. The van der Waals surface area contributed by atoms with E-state index in [2.05, 4.69) is 10.2 Å². The Bertz CT molecular complexity index is 1310. The molecule has 0 fully saturated rings. The number of carbonyl (C=O) groups is 1. The van der Waals surface area contributed by atoms with Crippen LogP contribution in [0.25, 0.3) is 22.4 Å². The molecule has 0 unspecified atom stereocenters. The fraction of sp³-hybridized carbons (Fsp3) is 0.250. The van der Waals surface area contributed by atoms with E-state index in [0.29, 0.717) is 22.8 Å². The van der Waals surface area contributed by atoms with Crippen LogP contribution in [0.4, 0.5) is 0 Å². The van der Waals surface area contributed by atoms with Crippen LogP contribution in [0, 0.1) is 6.92 Å². The Balaban J connectivity index is 1.42. The largest absolute Gasteiger partial charge is 0.497 e. The molecule has 2 heterocycles. The van der Waals surface area contributed by atoms with E-state index >= 15 is 0 Å². The predicted molar refractivity (Wildman–Crippen MR) is 116 cm³/mol. The molecule has 4 rings (SSSR count). The minimum Gasteiger partial charge on any atom is -0.497 e. The molecule has 0 radical (unpaired) electrons. The van der Waals surface area contributed by atoms with E-state index in [9.17, 15) is 9.59 Å². The lowest BCUT2D eigenvalue weighted by molar-refractivity contribution is -0.149. The van der Waals surface area contributed by atoms with Gasteiger partial charge in [-0.25, -0.2) is 4.79 Å². The maximum atomic E-state index is 12.5. The second-order valence-electron chi connectivity index (χ2n) is 7.30. The Hall–Kier alpha value is -3.94. The van der Waals surface area contributed by atoms with Crippen molar-refractivity contribution in [2.45, 2.75) is 32.8 Å². The molecule has 164 valence electrons. The lowest BCUT2D eigenvalue weighted by Gasteiger charge is -2.11. The average Bonchev–Trinajstić information content (AvgIpc) is 3.29. The molecule has 0 amide bonds. The van der Waals surface area contributed by atoms with Gasteiger partial charge in [-0.1, -0.05) is 18.2 Å². The molecular formula is C24H22N2O6. The molecule has 0 bridgehead atoms. The van der Waals surface area contributed by atoms with Gasteiger partial charge in [-0.2, -0.15) is 0 Å². The summed E-state index contributed by atoms with van der Waals surface area (Å²) in [6.07, 6.45) is -0.507. The quantitative estimate of drug-likeness (QED) is 0.311. The van der Waals surface area contributed by atoms with E-state index in [1.54, 1.807) is 26.2 Å². The van der Waals surface area contributed by atoms with Crippen LogP contribution in [0.2, 0.25) is 0 Å². The molecule has 8 heteroatoms. The Kier molecular flexibility index (Phi) is 6.02. The number of esters is 1. The maximum Gasteiger partial charge on any atom is 0.339 e. The van der Waals surface area contributed by atoms with Crippen LogP contribution in [0.3, 0.4) is 0 Å². The zero-order chi connectivity index (χ0) is 22.7. The summed E-state index contributed by atoms with van der Waals surface area (Å²) in [5.41, 5.74) is 1.95. The van der Waals surface area contributed by atoms with Crippen LogP contribution in [-0.2, 0) is 16.0 Å². The number of hydrogen-bond donors (Lipinski definition) is 0. The highest BCUT2D eigenvalue weighted by Gasteiger charge is 2.20. The van der Waals surface area contributed by atoms with Crippen molar-refractivity contribution in [3.05, 3.63) is 76.0 Å². The van der Waals surface area contributed by atoms with Crippen molar-refractivity contribution in [1.29, 1.82) is 0 Å². The molecule has 2 aromatic heterocycles. The molecule has 0 saturated heterocycles. The molecule has 0 saturated carbocycles. The summed E-state index contributed by atoms with van der Waals surface area (Å²) in [6.45, 7) is 3.49. The number of fused-ring (bicyclic) bond motifs is 1. The number of hydrogen-bond acceptors (Lipinski definition) is 8. The van der Waals surface area contributed by atoms with E-state index in [-0.39, 0.29) is 18.7 Å². The summed E-state index contributed by atoms with van der Waals surface area (Å²) in [5.74, 6) is 0.671. The summed E-state index contributed by atoms with van der Waals surface area (Å²) >= 11 is 0. The van der Waals surface area contributed by atoms with Crippen LogP contribution in [-0.4, -0.2) is 23.3 Å². The number of benzene rings is 2. The lowest BCUT2D eigenvalue weighted by Crippen LogP contribution is -2.15. The van der Waals surface area contributed by atoms with Crippen molar-refractivity contribution in [2.24, 2.45) is 0 Å². The Morgan fingerprint density at radius 3 is 2.62 bits per heavy atom. The molecule has 4 aromatic rings. The fourth-order valence-corrected chi connectivity index (χ4v) is 3.42. The van der Waals surface area contributed by atoms with Crippen LogP contribution >= 0.6 is 0 Å². The third-order valence-corrected chi connectivity index (χ3v) is 5.19. The molecule has 0 spiro atoms. The number of nitrogens with zero attached hydrogens (tertiary/aromatic N) is 2. The summed E-state index contributed by atoms with van der Waals surface area (Å²) in [6, 6.07) is 14.6. The highest BCUT2D eigenvalue weighted by molar-refractivity contribution is 5.82. The first-order valence-corrected chi connectivity index (χ1v) is 10.1. The van der Waals surface area contributed by atoms with Gasteiger partial charge in [-0.3, -0.25) is 4.79 Å². The van der Waals surface area contributed by atoms with Crippen molar-refractivity contribution < 1.29 is 23.1 Å². The zero-order valence-corrected chi connectivity index (χ0v) is 18.0. The van der Waals surface area contributed by atoms with Crippen molar-refractivity contribution >= 4 is 16.9 Å². The molecule has 0 aliphatic rings. The van der Waals surface area contributed by atoms with Gasteiger partial charge in [0.25, 0.3) is 5.89 Å². The van der Waals surface area contributed by atoms with Gasteiger partial charge in [0, 0.05) is 29.0 Å². The minimum atomic E-state index is -0.714. The number of aryl methyl sites for hydroxylation is 1. The number of rotatable bonds is 7. The van der Waals surface area contributed by atoms with Gasteiger partial charge in [0.05, 0.1) is 7.11 Å². The Labute approximate surface area is 183 Å². The van der Waals surface area contributed by atoms with Crippen molar-refractivity contribution in [2.75, 3.05) is 7.11 Å². The average molecular weight is 434 g/mol. The van der Waals surface area contributed by atoms with Gasteiger partial charge < -0.3 is 18.3 Å². The summed E-state index contributed by atoms with van der Waals surface area (Å²) in [5, 5.41) is 8.77. The fourth-order valence-electron chi connectivity index (χ4n) is 3.42. The third-order valence-electron chi connectivity index (χ3n) is 5.19. The van der Waals surface area contributed by atoms with E-state index < -0.39 is 17.7 Å². The topological polar surface area (TPSA) is 105 Å². The maximum absolute atomic E-state index is 12.5. The predicted octanol–water partition coefficient (Wildman–Crippen LogP) is 4.40. The smallest absolute Gasteiger partial charge is 0.339 e. The van der Waals surface area contributed by atoms with Crippen LogP contribution < -0.4 is 10.4 Å². The first kappa shape index (κ1) is 21.3. The van der Waals surface area contributed by atoms with Crippen LogP contribution in [0.5, 0.6) is 5.75 Å². The summed E-state index contributed by atoms with van der Waals surface area (Å²) in [4.78, 5) is 24.8. The SMILES string of the molecule is COc1ccc2c(C)c(CCC(=O)O[C@H](C)c3nnc(-c4ccccc4)o3)c(=O)oc2c1. The zero-order valence-electron chi connectivity index (χ0n) is 18.0. The highest BCUT2D eigenvalue weighted by Crippen LogP contribution is 2.25. The second kappa shape index (κ2) is 9.05. The number of methoxy groups -OCH3 is 1. The monoisotopic (exact) mass is 434 g/mol. The Morgan fingerprint density at radius 2 is 1.88 bits per heavy atom. The molecular weight excluding hydrogens is 412 g/mol. The van der Waals surface area contributed by atoms with E-state index in [0.717, 1.165) is 16.5 Å². The molecule has 8 nitrogen and oxygen atoms in total. The van der Waals surface area contributed by atoms with Gasteiger partial charge in [0.2, 0.25) is 5.89 Å².